The number of nitrogens with one attached hydrogen (secondary N) is 1. The van der Waals surface area contributed by atoms with Gasteiger partial charge in [-0.25, -0.2) is 0 Å². The molecule has 3 aromatic rings. The van der Waals surface area contributed by atoms with E-state index in [4.69, 9.17) is 0 Å². The summed E-state index contributed by atoms with van der Waals surface area (Å²) < 4.78 is 0. The molecular formula is C25H25N3O2. The lowest BCUT2D eigenvalue weighted by molar-refractivity contribution is -0.115. The summed E-state index contributed by atoms with van der Waals surface area (Å²) in [5.74, 6) is -0.213. The smallest absolute Gasteiger partial charge is 0.258 e. The molecule has 1 heterocycles. The van der Waals surface area contributed by atoms with Crippen molar-refractivity contribution < 1.29 is 9.59 Å². The fourth-order valence-corrected chi connectivity index (χ4v) is 3.84. The molecule has 0 aromatic heterocycles. The van der Waals surface area contributed by atoms with Crippen molar-refractivity contribution in [3.05, 3.63) is 90.0 Å². The van der Waals surface area contributed by atoms with Gasteiger partial charge in [-0.1, -0.05) is 42.5 Å². The van der Waals surface area contributed by atoms with E-state index in [1.165, 1.54) is 5.56 Å². The van der Waals surface area contributed by atoms with E-state index in [1.807, 2.05) is 42.5 Å². The highest BCUT2D eigenvalue weighted by Crippen LogP contribution is 2.26. The van der Waals surface area contributed by atoms with Gasteiger partial charge in [0, 0.05) is 36.2 Å². The van der Waals surface area contributed by atoms with Crippen molar-refractivity contribution in [2.24, 2.45) is 0 Å². The number of aryl methyl sites for hydroxylation is 1. The largest absolute Gasteiger partial charge is 0.362 e. The first kappa shape index (κ1) is 19.7. The number of rotatable bonds is 5. The van der Waals surface area contributed by atoms with Gasteiger partial charge >= 0.3 is 0 Å². The van der Waals surface area contributed by atoms with Gasteiger partial charge in [-0.2, -0.15) is 0 Å². The first-order valence-corrected chi connectivity index (χ1v) is 10.2. The number of hydrogen-bond donors (Lipinski definition) is 1. The maximum absolute atomic E-state index is 12.8. The second-order valence-electron chi connectivity index (χ2n) is 7.48. The van der Waals surface area contributed by atoms with E-state index in [1.54, 1.807) is 36.2 Å². The Kier molecular flexibility index (Phi) is 5.80. The van der Waals surface area contributed by atoms with Crippen LogP contribution < -0.4 is 15.1 Å². The lowest BCUT2D eigenvalue weighted by atomic mass is 10.0. The molecule has 0 bridgehead atoms. The highest BCUT2D eigenvalue weighted by atomic mass is 16.2. The number of anilines is 3. The number of benzene rings is 3. The first-order chi connectivity index (χ1) is 14.6. The van der Waals surface area contributed by atoms with Crippen LogP contribution in [-0.4, -0.2) is 32.0 Å². The van der Waals surface area contributed by atoms with Crippen molar-refractivity contribution in [3.63, 3.8) is 0 Å². The van der Waals surface area contributed by atoms with E-state index in [0.717, 1.165) is 30.8 Å². The van der Waals surface area contributed by atoms with Crippen molar-refractivity contribution in [1.29, 1.82) is 0 Å². The summed E-state index contributed by atoms with van der Waals surface area (Å²) in [6, 6.07) is 24.8. The Bertz CT molecular complexity index is 1050. The van der Waals surface area contributed by atoms with Gasteiger partial charge in [-0.15, -0.1) is 0 Å². The summed E-state index contributed by atoms with van der Waals surface area (Å²) in [5, 5.41) is 2.94. The van der Waals surface area contributed by atoms with Gasteiger partial charge in [0.25, 0.3) is 5.91 Å². The van der Waals surface area contributed by atoms with Crippen LogP contribution in [0.15, 0.2) is 78.9 Å². The van der Waals surface area contributed by atoms with Gasteiger partial charge in [-0.3, -0.25) is 9.59 Å². The van der Waals surface area contributed by atoms with Gasteiger partial charge in [0.05, 0.1) is 6.54 Å². The zero-order chi connectivity index (χ0) is 20.9. The predicted molar refractivity (Wildman–Crippen MR) is 121 cm³/mol. The monoisotopic (exact) mass is 399 g/mol. The van der Waals surface area contributed by atoms with Crippen LogP contribution in [0.1, 0.15) is 22.3 Å². The zero-order valence-corrected chi connectivity index (χ0v) is 17.0. The Labute approximate surface area is 176 Å². The number of nitrogens with zero attached hydrogens (tertiary/aromatic N) is 2. The normalized spacial score (nSPS) is 12.8. The van der Waals surface area contributed by atoms with E-state index in [-0.39, 0.29) is 11.8 Å². The van der Waals surface area contributed by atoms with Crippen molar-refractivity contribution in [2.75, 3.05) is 35.3 Å². The molecule has 0 saturated heterocycles. The van der Waals surface area contributed by atoms with Crippen molar-refractivity contribution in [3.8, 4) is 0 Å². The molecule has 0 atom stereocenters. The van der Waals surface area contributed by atoms with Gasteiger partial charge in [0.15, 0.2) is 0 Å². The number of amides is 2. The van der Waals surface area contributed by atoms with Crippen molar-refractivity contribution in [2.45, 2.75) is 12.8 Å². The van der Waals surface area contributed by atoms with Crippen LogP contribution in [0.3, 0.4) is 0 Å². The third kappa shape index (κ3) is 4.35. The van der Waals surface area contributed by atoms with Crippen LogP contribution in [0.2, 0.25) is 0 Å². The second kappa shape index (κ2) is 8.82. The molecule has 0 radical (unpaired) electrons. The van der Waals surface area contributed by atoms with E-state index in [9.17, 15) is 9.59 Å². The fourth-order valence-electron chi connectivity index (χ4n) is 3.84. The minimum absolute atomic E-state index is 0.0901. The molecule has 0 saturated carbocycles. The maximum Gasteiger partial charge on any atom is 0.258 e. The van der Waals surface area contributed by atoms with E-state index < -0.39 is 0 Å². The Morgan fingerprint density at radius 2 is 1.73 bits per heavy atom. The highest BCUT2D eigenvalue weighted by molar-refractivity contribution is 6.06. The fraction of sp³-hybridized carbons (Fsp3) is 0.200. The average molecular weight is 399 g/mol. The number of fused-ring (bicyclic) bond motifs is 1. The summed E-state index contributed by atoms with van der Waals surface area (Å²) in [6.07, 6.45) is 2.09. The molecule has 2 amide bonds. The van der Waals surface area contributed by atoms with E-state index >= 15 is 0 Å². The third-order valence-corrected chi connectivity index (χ3v) is 5.38. The zero-order valence-electron chi connectivity index (χ0n) is 17.0. The molecule has 152 valence electrons. The minimum atomic E-state index is -0.123. The first-order valence-electron chi connectivity index (χ1n) is 10.2. The van der Waals surface area contributed by atoms with Crippen LogP contribution in [0.4, 0.5) is 17.1 Å². The molecule has 0 spiro atoms. The lowest BCUT2D eigenvalue weighted by Crippen LogP contribution is -2.36. The summed E-state index contributed by atoms with van der Waals surface area (Å²) in [7, 11) is 1.75. The predicted octanol–water partition coefficient (Wildman–Crippen LogP) is 4.35. The molecule has 5 nitrogen and oxygen atoms in total. The van der Waals surface area contributed by atoms with Crippen LogP contribution in [-0.2, 0) is 11.2 Å². The molecule has 3 aromatic carbocycles. The number of carbonyl (C=O) groups is 2. The highest BCUT2D eigenvalue weighted by Gasteiger charge is 2.19. The van der Waals surface area contributed by atoms with Gasteiger partial charge < -0.3 is 15.1 Å². The molecule has 1 N–H and O–H groups in total. The molecule has 0 fully saturated rings. The van der Waals surface area contributed by atoms with Crippen molar-refractivity contribution in [1.82, 2.24) is 0 Å². The third-order valence-electron chi connectivity index (χ3n) is 5.38. The molecule has 0 unspecified atom stereocenters. The van der Waals surface area contributed by atoms with Crippen molar-refractivity contribution >= 4 is 28.9 Å². The Balaban J connectivity index is 1.43. The number of hydrogen-bond acceptors (Lipinski definition) is 3. The Morgan fingerprint density at radius 1 is 0.967 bits per heavy atom. The van der Waals surface area contributed by atoms with Gasteiger partial charge in [0.2, 0.25) is 5.91 Å². The topological polar surface area (TPSA) is 52.7 Å². The summed E-state index contributed by atoms with van der Waals surface area (Å²) in [5.41, 5.74) is 4.39. The molecule has 30 heavy (non-hydrogen) atoms. The number of carbonyl (C=O) groups excluding carboxylic acids is 2. The molecule has 1 aliphatic rings. The van der Waals surface area contributed by atoms with E-state index in [0.29, 0.717) is 17.8 Å². The lowest BCUT2D eigenvalue weighted by Gasteiger charge is -2.30. The van der Waals surface area contributed by atoms with Crippen LogP contribution in [0.5, 0.6) is 0 Å². The Morgan fingerprint density at radius 3 is 2.57 bits per heavy atom. The maximum atomic E-state index is 12.8. The summed E-state index contributed by atoms with van der Waals surface area (Å²) >= 11 is 0. The molecule has 0 aliphatic carbocycles. The average Bonchev–Trinajstić information content (AvgIpc) is 2.79. The van der Waals surface area contributed by atoms with Gasteiger partial charge in [-0.05, 0) is 54.8 Å². The summed E-state index contributed by atoms with van der Waals surface area (Å²) in [6.45, 7) is 1.16. The standard InChI is InChI=1S/C25H25N3O2/c1-27(22-13-3-2-4-14-22)25(30)20-10-7-12-21(17-20)26-24(29)18-28-16-8-11-19-9-5-6-15-23(19)28/h2-7,9-10,12-15,17H,8,11,16,18H2,1H3,(H,26,29). The SMILES string of the molecule is CN(C(=O)c1cccc(NC(=O)CN2CCCc3ccccc32)c1)c1ccccc1. The Hall–Kier alpha value is -3.60. The van der Waals surface area contributed by atoms with Crippen LogP contribution in [0, 0.1) is 0 Å². The molecule has 4 rings (SSSR count). The molecular weight excluding hydrogens is 374 g/mol. The molecule has 1 aliphatic heterocycles. The van der Waals surface area contributed by atoms with Gasteiger partial charge in [0.1, 0.15) is 0 Å². The second-order valence-corrected chi connectivity index (χ2v) is 7.48. The van der Waals surface area contributed by atoms with Crippen LogP contribution >= 0.6 is 0 Å². The molecule has 5 heteroatoms. The van der Waals surface area contributed by atoms with Crippen LogP contribution in [0.25, 0.3) is 0 Å². The quantitative estimate of drug-likeness (QED) is 0.694. The number of para-hydroxylation sites is 2. The minimum Gasteiger partial charge on any atom is -0.362 e. The van der Waals surface area contributed by atoms with E-state index in [2.05, 4.69) is 22.3 Å². The summed E-state index contributed by atoms with van der Waals surface area (Å²) in [4.78, 5) is 29.2.